The lowest BCUT2D eigenvalue weighted by Gasteiger charge is -2.47. The number of amides is 1. The van der Waals surface area contributed by atoms with E-state index in [0.29, 0.717) is 13.0 Å². The van der Waals surface area contributed by atoms with Crippen molar-refractivity contribution in [2.75, 3.05) is 13.7 Å². The van der Waals surface area contributed by atoms with Gasteiger partial charge in [0.1, 0.15) is 5.76 Å². The van der Waals surface area contributed by atoms with Gasteiger partial charge in [-0.2, -0.15) is 0 Å². The first-order valence-corrected chi connectivity index (χ1v) is 13.9. The molecule has 1 fully saturated rings. The molecule has 1 aliphatic heterocycles. The molecule has 1 amide bonds. The van der Waals surface area contributed by atoms with Crippen LogP contribution in [0.5, 0.6) is 0 Å². The van der Waals surface area contributed by atoms with Crippen LogP contribution in [0, 0.1) is 5.92 Å². The number of ether oxygens (including phenoxy) is 1. The Balaban J connectivity index is 2.22. The van der Waals surface area contributed by atoms with Crippen molar-refractivity contribution in [3.05, 3.63) is 41.8 Å². The highest BCUT2D eigenvalue weighted by molar-refractivity contribution is 8.00. The van der Waals surface area contributed by atoms with Gasteiger partial charge in [0, 0.05) is 11.5 Å². The third-order valence-electron chi connectivity index (χ3n) is 5.81. The number of likely N-dealkylation sites (tertiary alicyclic amines) is 1. The standard InChI is InChI=1S/C22H33NO5SSi/c1-15(24)18(21(26)27-5)23-19(25)17(13-14-28-30(6,7)22(2,3)4)20(23)29-16-11-9-8-10-12-16/h8-12,17,20,24H,13-14H2,1-7H3/b18-15+/t17-,20+/m0/s1. The van der Waals surface area contributed by atoms with E-state index < -0.39 is 14.3 Å². The summed E-state index contributed by atoms with van der Waals surface area (Å²) < 4.78 is 11.1. The maximum absolute atomic E-state index is 13.0. The Morgan fingerprint density at radius 1 is 1.23 bits per heavy atom. The summed E-state index contributed by atoms with van der Waals surface area (Å²) in [6.07, 6.45) is 0.561. The number of aliphatic hydroxyl groups excluding tert-OH is 1. The van der Waals surface area contributed by atoms with Gasteiger partial charge in [-0.05, 0) is 43.6 Å². The number of hydrogen-bond donors (Lipinski definition) is 1. The Labute approximate surface area is 184 Å². The number of allylic oxidation sites excluding steroid dienone is 1. The maximum Gasteiger partial charge on any atom is 0.358 e. The molecule has 1 heterocycles. The number of aliphatic hydroxyl groups is 1. The van der Waals surface area contributed by atoms with Gasteiger partial charge in [-0.3, -0.25) is 9.69 Å². The van der Waals surface area contributed by atoms with E-state index >= 15 is 0 Å². The van der Waals surface area contributed by atoms with Gasteiger partial charge >= 0.3 is 5.97 Å². The van der Waals surface area contributed by atoms with Crippen molar-refractivity contribution in [3.63, 3.8) is 0 Å². The minimum absolute atomic E-state index is 0.0929. The van der Waals surface area contributed by atoms with Gasteiger partial charge in [0.15, 0.2) is 14.0 Å². The molecule has 0 spiro atoms. The predicted molar refractivity (Wildman–Crippen MR) is 122 cm³/mol. The molecule has 1 N–H and O–H groups in total. The highest BCUT2D eigenvalue weighted by Gasteiger charge is 2.51. The summed E-state index contributed by atoms with van der Waals surface area (Å²) in [5.41, 5.74) is -0.0995. The van der Waals surface area contributed by atoms with Crippen LogP contribution < -0.4 is 0 Å². The fraction of sp³-hybridized carbons (Fsp3) is 0.545. The minimum Gasteiger partial charge on any atom is -0.510 e. The van der Waals surface area contributed by atoms with E-state index in [1.807, 2.05) is 30.3 Å². The first-order valence-electron chi connectivity index (χ1n) is 10.1. The molecule has 0 radical (unpaired) electrons. The molecule has 8 heteroatoms. The van der Waals surface area contributed by atoms with Crippen LogP contribution in [0.4, 0.5) is 0 Å². The summed E-state index contributed by atoms with van der Waals surface area (Å²) in [5, 5.41) is 9.84. The molecule has 1 saturated heterocycles. The minimum atomic E-state index is -1.91. The summed E-state index contributed by atoms with van der Waals surface area (Å²) in [5.74, 6) is -1.46. The monoisotopic (exact) mass is 451 g/mol. The third kappa shape index (κ3) is 5.28. The van der Waals surface area contributed by atoms with Crippen molar-refractivity contribution in [1.82, 2.24) is 4.90 Å². The second-order valence-electron chi connectivity index (χ2n) is 8.96. The van der Waals surface area contributed by atoms with Gasteiger partial charge in [0.25, 0.3) is 0 Å². The zero-order valence-electron chi connectivity index (χ0n) is 18.9. The van der Waals surface area contributed by atoms with Gasteiger partial charge in [0.05, 0.1) is 18.4 Å². The highest BCUT2D eigenvalue weighted by atomic mass is 32.2. The number of β-lactam (4-membered cyclic amide) rings is 1. The largest absolute Gasteiger partial charge is 0.510 e. The molecular weight excluding hydrogens is 418 g/mol. The average molecular weight is 452 g/mol. The van der Waals surface area contributed by atoms with E-state index in [0.717, 1.165) is 4.90 Å². The number of methoxy groups -OCH3 is 1. The normalized spacial score (nSPS) is 20.5. The number of rotatable bonds is 8. The van der Waals surface area contributed by atoms with Crippen LogP contribution in [-0.2, 0) is 18.8 Å². The second-order valence-corrected chi connectivity index (χ2v) is 15.0. The number of carbonyl (C=O) groups excluding carboxylic acids is 2. The van der Waals surface area contributed by atoms with Crippen LogP contribution in [0.25, 0.3) is 0 Å². The Hall–Kier alpha value is -1.77. The summed E-state index contributed by atoms with van der Waals surface area (Å²) in [4.78, 5) is 27.6. The van der Waals surface area contributed by atoms with Gasteiger partial charge in [-0.25, -0.2) is 4.79 Å². The third-order valence-corrected chi connectivity index (χ3v) is 11.7. The van der Waals surface area contributed by atoms with Gasteiger partial charge in [-0.1, -0.05) is 50.7 Å². The number of benzene rings is 1. The van der Waals surface area contributed by atoms with Crippen LogP contribution >= 0.6 is 11.8 Å². The smallest absolute Gasteiger partial charge is 0.358 e. The molecule has 1 aromatic carbocycles. The Kier molecular flexibility index (Phi) is 7.82. The molecule has 1 aliphatic rings. The fourth-order valence-electron chi connectivity index (χ4n) is 2.98. The zero-order valence-corrected chi connectivity index (χ0v) is 20.7. The van der Waals surface area contributed by atoms with Crippen LogP contribution in [-0.4, -0.2) is 49.3 Å². The second kappa shape index (κ2) is 9.57. The van der Waals surface area contributed by atoms with E-state index in [-0.39, 0.29) is 33.7 Å². The van der Waals surface area contributed by atoms with Gasteiger partial charge in [0.2, 0.25) is 5.91 Å². The molecule has 0 saturated carbocycles. The number of nitrogens with zero attached hydrogens (tertiary/aromatic N) is 1. The Morgan fingerprint density at radius 2 is 1.83 bits per heavy atom. The fourth-order valence-corrected chi connectivity index (χ4v) is 5.36. The lowest BCUT2D eigenvalue weighted by Crippen LogP contribution is -2.60. The van der Waals surface area contributed by atoms with Crippen molar-refractivity contribution in [3.8, 4) is 0 Å². The van der Waals surface area contributed by atoms with Crippen LogP contribution in [0.15, 0.2) is 46.7 Å². The predicted octanol–water partition coefficient (Wildman–Crippen LogP) is 4.94. The number of thioether (sulfide) groups is 1. The van der Waals surface area contributed by atoms with E-state index in [9.17, 15) is 14.7 Å². The molecule has 0 bridgehead atoms. The van der Waals surface area contributed by atoms with E-state index in [2.05, 4.69) is 33.9 Å². The lowest BCUT2D eigenvalue weighted by molar-refractivity contribution is -0.154. The van der Waals surface area contributed by atoms with Crippen molar-refractivity contribution in [1.29, 1.82) is 0 Å². The molecular formula is C22H33NO5SSi. The SMILES string of the molecule is COC(=O)/C(=C(/C)O)N1C(=O)[C@H](CCO[Si](C)(C)C(C)(C)C)[C@H]1Sc1ccccc1. The highest BCUT2D eigenvalue weighted by Crippen LogP contribution is 2.44. The number of esters is 1. The van der Waals surface area contributed by atoms with Crippen molar-refractivity contribution < 1.29 is 23.9 Å². The molecule has 166 valence electrons. The van der Waals surface area contributed by atoms with Crippen LogP contribution in [0.1, 0.15) is 34.1 Å². The van der Waals surface area contributed by atoms with Gasteiger partial charge < -0.3 is 14.3 Å². The molecule has 1 aromatic rings. The molecule has 0 unspecified atom stereocenters. The van der Waals surface area contributed by atoms with Crippen molar-refractivity contribution >= 4 is 32.0 Å². The first kappa shape index (κ1) is 24.5. The average Bonchev–Trinajstić information content (AvgIpc) is 2.67. The topological polar surface area (TPSA) is 76.1 Å². The molecule has 6 nitrogen and oxygen atoms in total. The summed E-state index contributed by atoms with van der Waals surface area (Å²) in [6, 6.07) is 9.70. The van der Waals surface area contributed by atoms with E-state index in [1.54, 1.807) is 0 Å². The van der Waals surface area contributed by atoms with Crippen LogP contribution in [0.3, 0.4) is 0 Å². The quantitative estimate of drug-likeness (QED) is 0.198. The number of hydrogen-bond acceptors (Lipinski definition) is 6. The molecule has 0 aliphatic carbocycles. The van der Waals surface area contributed by atoms with Gasteiger partial charge in [-0.15, -0.1) is 0 Å². The maximum atomic E-state index is 13.0. The Morgan fingerprint density at radius 3 is 2.33 bits per heavy atom. The Bertz CT molecular complexity index is 799. The number of carbonyl (C=O) groups is 2. The summed E-state index contributed by atoms with van der Waals surface area (Å²) in [7, 11) is -0.679. The van der Waals surface area contributed by atoms with Crippen LogP contribution in [0.2, 0.25) is 18.1 Å². The summed E-state index contributed by atoms with van der Waals surface area (Å²) in [6.45, 7) is 12.8. The van der Waals surface area contributed by atoms with E-state index in [4.69, 9.17) is 9.16 Å². The molecule has 0 aromatic heterocycles. The van der Waals surface area contributed by atoms with Crippen molar-refractivity contribution in [2.45, 2.75) is 62.5 Å². The molecule has 2 rings (SSSR count). The van der Waals surface area contributed by atoms with Crippen molar-refractivity contribution in [2.24, 2.45) is 5.92 Å². The molecule has 2 atom stereocenters. The van der Waals surface area contributed by atoms with E-state index in [1.165, 1.54) is 30.7 Å². The zero-order chi connectivity index (χ0) is 22.7. The molecule has 30 heavy (non-hydrogen) atoms. The lowest BCUT2D eigenvalue weighted by atomic mass is 9.93. The summed E-state index contributed by atoms with van der Waals surface area (Å²) >= 11 is 1.50. The first-order chi connectivity index (χ1) is 13.9.